The second-order valence-corrected chi connectivity index (χ2v) is 6.89. The van der Waals surface area contributed by atoms with Gasteiger partial charge in [-0.15, -0.1) is 0 Å². The van der Waals surface area contributed by atoms with Gasteiger partial charge < -0.3 is 15.0 Å². The molecule has 3 rings (SSSR count). The molecule has 3 aromatic carbocycles. The Morgan fingerprint density at radius 3 is 2.41 bits per heavy atom. The average Bonchev–Trinajstić information content (AvgIpc) is 2.74. The Balaban J connectivity index is 1.67. The molecule has 0 aliphatic heterocycles. The number of rotatable bonds is 7. The molecule has 29 heavy (non-hydrogen) atoms. The van der Waals surface area contributed by atoms with E-state index in [-0.39, 0.29) is 18.4 Å². The highest BCUT2D eigenvalue weighted by Gasteiger charge is 2.14. The Morgan fingerprint density at radius 1 is 0.966 bits per heavy atom. The van der Waals surface area contributed by atoms with Gasteiger partial charge in [-0.05, 0) is 44.2 Å². The summed E-state index contributed by atoms with van der Waals surface area (Å²) in [4.78, 5) is 26.6. The van der Waals surface area contributed by atoms with Gasteiger partial charge in [-0.25, -0.2) is 0 Å². The maximum atomic E-state index is 12.5. The minimum absolute atomic E-state index is 0.0602. The average molecular weight is 411 g/mol. The number of amides is 2. The first-order valence-corrected chi connectivity index (χ1v) is 9.90. The summed E-state index contributed by atoms with van der Waals surface area (Å²) in [5.74, 6) is 0.220. The number of carbonyl (C=O) groups is 2. The summed E-state index contributed by atoms with van der Waals surface area (Å²) in [6.45, 7) is 4.99. The van der Waals surface area contributed by atoms with Crippen molar-refractivity contribution in [1.82, 2.24) is 4.90 Å². The highest BCUT2D eigenvalue weighted by Crippen LogP contribution is 2.31. The van der Waals surface area contributed by atoms with Crippen molar-refractivity contribution < 1.29 is 14.3 Å². The van der Waals surface area contributed by atoms with Gasteiger partial charge in [-0.2, -0.15) is 0 Å². The third kappa shape index (κ3) is 4.87. The Hall–Kier alpha value is -3.05. The monoisotopic (exact) mass is 410 g/mol. The Labute approximate surface area is 175 Å². The first-order chi connectivity index (χ1) is 14.0. The molecule has 3 aromatic rings. The molecule has 0 bridgehead atoms. The fourth-order valence-electron chi connectivity index (χ4n) is 3.12. The lowest BCUT2D eigenvalue weighted by Crippen LogP contribution is -2.30. The van der Waals surface area contributed by atoms with E-state index in [0.717, 1.165) is 10.8 Å². The largest absolute Gasteiger partial charge is 0.483 e. The third-order valence-electron chi connectivity index (χ3n) is 4.63. The number of benzene rings is 3. The molecule has 0 saturated heterocycles. The number of hydrogen-bond acceptors (Lipinski definition) is 3. The van der Waals surface area contributed by atoms with Crippen molar-refractivity contribution in [3.05, 3.63) is 71.2 Å². The first-order valence-electron chi connectivity index (χ1n) is 9.52. The van der Waals surface area contributed by atoms with Crippen molar-refractivity contribution in [2.75, 3.05) is 25.0 Å². The number of hydrogen-bond donors (Lipinski definition) is 1. The van der Waals surface area contributed by atoms with Gasteiger partial charge >= 0.3 is 0 Å². The fourth-order valence-corrected chi connectivity index (χ4v) is 3.35. The van der Waals surface area contributed by atoms with Gasteiger partial charge in [-0.1, -0.05) is 41.9 Å². The number of nitrogens with zero attached hydrogens (tertiary/aromatic N) is 1. The molecule has 6 heteroatoms. The molecular weight excluding hydrogens is 388 g/mol. The Kier molecular flexibility index (Phi) is 6.73. The van der Waals surface area contributed by atoms with Crippen LogP contribution in [0.5, 0.6) is 5.75 Å². The van der Waals surface area contributed by atoms with Crippen LogP contribution in [0.2, 0.25) is 5.02 Å². The second-order valence-electron chi connectivity index (χ2n) is 6.49. The lowest BCUT2D eigenvalue weighted by molar-refractivity contribution is -0.118. The van der Waals surface area contributed by atoms with Crippen LogP contribution in [0.1, 0.15) is 24.2 Å². The molecule has 0 aromatic heterocycles. The molecule has 2 amide bonds. The summed E-state index contributed by atoms with van der Waals surface area (Å²) in [5.41, 5.74) is 1.09. The van der Waals surface area contributed by atoms with Gasteiger partial charge in [0.25, 0.3) is 11.8 Å². The molecule has 150 valence electrons. The van der Waals surface area contributed by atoms with Crippen molar-refractivity contribution in [3.8, 4) is 5.75 Å². The quantitative estimate of drug-likeness (QED) is 0.596. The van der Waals surface area contributed by atoms with E-state index in [4.69, 9.17) is 16.3 Å². The molecule has 0 spiro atoms. The topological polar surface area (TPSA) is 58.6 Å². The van der Waals surface area contributed by atoms with Crippen LogP contribution in [0.4, 0.5) is 5.69 Å². The van der Waals surface area contributed by atoms with Crippen LogP contribution < -0.4 is 10.1 Å². The van der Waals surface area contributed by atoms with Crippen molar-refractivity contribution in [2.45, 2.75) is 13.8 Å². The van der Waals surface area contributed by atoms with E-state index in [1.165, 1.54) is 0 Å². The van der Waals surface area contributed by atoms with Gasteiger partial charge in [0.1, 0.15) is 5.75 Å². The maximum Gasteiger partial charge on any atom is 0.262 e. The summed E-state index contributed by atoms with van der Waals surface area (Å²) in [6.07, 6.45) is 0. The van der Waals surface area contributed by atoms with E-state index in [0.29, 0.717) is 35.1 Å². The molecule has 0 radical (unpaired) electrons. The molecule has 0 aliphatic rings. The van der Waals surface area contributed by atoms with E-state index in [1.807, 2.05) is 38.1 Å². The smallest absolute Gasteiger partial charge is 0.262 e. The van der Waals surface area contributed by atoms with Crippen LogP contribution >= 0.6 is 11.6 Å². The summed E-state index contributed by atoms with van der Waals surface area (Å²) in [5, 5.41) is 5.13. The lowest BCUT2D eigenvalue weighted by atomic mass is 10.1. The van der Waals surface area contributed by atoms with Crippen LogP contribution in [0.25, 0.3) is 10.8 Å². The maximum absolute atomic E-state index is 12.5. The minimum Gasteiger partial charge on any atom is -0.483 e. The predicted molar refractivity (Wildman–Crippen MR) is 117 cm³/mol. The van der Waals surface area contributed by atoms with E-state index in [1.54, 1.807) is 41.3 Å². The summed E-state index contributed by atoms with van der Waals surface area (Å²) < 4.78 is 5.71. The number of ether oxygens (including phenoxy) is 1. The highest BCUT2D eigenvalue weighted by molar-refractivity contribution is 6.35. The number of carbonyl (C=O) groups excluding carboxylic acids is 2. The molecule has 0 fully saturated rings. The third-order valence-corrected chi connectivity index (χ3v) is 4.96. The number of anilines is 1. The predicted octanol–water partition coefficient (Wildman–Crippen LogP) is 4.99. The van der Waals surface area contributed by atoms with E-state index >= 15 is 0 Å². The molecule has 0 heterocycles. The van der Waals surface area contributed by atoms with Crippen molar-refractivity contribution in [3.63, 3.8) is 0 Å². The van der Waals surface area contributed by atoms with Crippen LogP contribution in [0.15, 0.2) is 60.7 Å². The van der Waals surface area contributed by atoms with E-state index < -0.39 is 0 Å². The van der Waals surface area contributed by atoms with Crippen LogP contribution in [-0.4, -0.2) is 36.4 Å². The minimum atomic E-state index is -0.309. The summed E-state index contributed by atoms with van der Waals surface area (Å²) in [6, 6.07) is 18.0. The van der Waals surface area contributed by atoms with E-state index in [9.17, 15) is 9.59 Å². The van der Waals surface area contributed by atoms with Crippen LogP contribution in [-0.2, 0) is 4.79 Å². The fraction of sp³-hybridized carbons (Fsp3) is 0.217. The van der Waals surface area contributed by atoms with Gasteiger partial charge in [0, 0.05) is 40.1 Å². The Morgan fingerprint density at radius 2 is 1.69 bits per heavy atom. The zero-order valence-corrected chi connectivity index (χ0v) is 17.2. The van der Waals surface area contributed by atoms with E-state index in [2.05, 4.69) is 5.32 Å². The molecule has 0 aliphatic carbocycles. The normalized spacial score (nSPS) is 10.6. The Bertz CT molecular complexity index is 1030. The highest BCUT2D eigenvalue weighted by atomic mass is 35.5. The number of nitrogens with one attached hydrogen (secondary N) is 1. The van der Waals surface area contributed by atoms with Crippen molar-refractivity contribution in [1.29, 1.82) is 0 Å². The first kappa shape index (κ1) is 20.7. The van der Waals surface area contributed by atoms with Gasteiger partial charge in [0.15, 0.2) is 6.61 Å². The molecule has 0 atom stereocenters. The van der Waals surface area contributed by atoms with Crippen LogP contribution in [0, 0.1) is 0 Å². The zero-order valence-electron chi connectivity index (χ0n) is 16.4. The van der Waals surface area contributed by atoms with Gasteiger partial charge in [0.2, 0.25) is 0 Å². The zero-order chi connectivity index (χ0) is 20.8. The van der Waals surface area contributed by atoms with Gasteiger partial charge in [-0.3, -0.25) is 9.59 Å². The molecule has 1 N–H and O–H groups in total. The SMILES string of the molecule is CCN(CC)C(=O)c1cccc(NC(=O)COc2ccc(Cl)c3ccccc23)c1. The number of fused-ring (bicyclic) bond motifs is 1. The standard InChI is InChI=1S/C23H23ClN2O3/c1-3-26(4-2)23(28)16-8-7-9-17(14-16)25-22(27)15-29-21-13-12-20(24)18-10-5-6-11-19(18)21/h5-14H,3-4,15H2,1-2H3,(H,25,27). The summed E-state index contributed by atoms with van der Waals surface area (Å²) in [7, 11) is 0. The second kappa shape index (κ2) is 9.43. The van der Waals surface area contributed by atoms with Crippen LogP contribution in [0.3, 0.4) is 0 Å². The molecule has 0 saturated carbocycles. The van der Waals surface area contributed by atoms with Crippen molar-refractivity contribution in [2.24, 2.45) is 0 Å². The molecular formula is C23H23ClN2O3. The number of halogens is 1. The van der Waals surface area contributed by atoms with Crippen molar-refractivity contribution >= 4 is 39.9 Å². The summed E-state index contributed by atoms with van der Waals surface area (Å²) >= 11 is 6.22. The lowest BCUT2D eigenvalue weighted by Gasteiger charge is -2.19. The molecule has 0 unspecified atom stereocenters. The molecule has 5 nitrogen and oxygen atoms in total. The van der Waals surface area contributed by atoms with Gasteiger partial charge in [0.05, 0.1) is 0 Å².